The molecule has 1 aliphatic heterocycles. The van der Waals surface area contributed by atoms with E-state index in [0.29, 0.717) is 12.2 Å². The third kappa shape index (κ3) is 2.86. The van der Waals surface area contributed by atoms with Gasteiger partial charge in [-0.2, -0.15) is 9.97 Å². The first-order valence-electron chi connectivity index (χ1n) is 10.2. The van der Waals surface area contributed by atoms with E-state index < -0.39 is 5.82 Å². The predicted octanol–water partition coefficient (Wildman–Crippen LogP) is 2.80. The molecule has 2 aliphatic rings. The fourth-order valence-corrected chi connectivity index (χ4v) is 4.54. The van der Waals surface area contributed by atoms with Crippen molar-refractivity contribution in [1.29, 1.82) is 0 Å². The average molecular weight is 420 g/mol. The SMILES string of the molecule is CNc1nccc2c1[nH]c1nc(Oc3cncc(F)c3)nc(N3CC(N)C4(CC4)C3)c12. The molecule has 1 spiro atoms. The van der Waals surface area contributed by atoms with Crippen molar-refractivity contribution in [3.63, 3.8) is 0 Å². The lowest BCUT2D eigenvalue weighted by Gasteiger charge is -2.19. The number of aromatic amines is 1. The molecule has 4 N–H and O–H groups in total. The number of rotatable bonds is 4. The van der Waals surface area contributed by atoms with Gasteiger partial charge in [-0.1, -0.05) is 0 Å². The number of nitrogens with zero attached hydrogens (tertiary/aromatic N) is 5. The van der Waals surface area contributed by atoms with Crippen LogP contribution in [0.2, 0.25) is 0 Å². The Balaban J connectivity index is 1.53. The molecule has 4 aromatic rings. The van der Waals surface area contributed by atoms with E-state index in [0.717, 1.165) is 53.5 Å². The van der Waals surface area contributed by atoms with Gasteiger partial charge in [-0.25, -0.2) is 9.37 Å². The summed E-state index contributed by atoms with van der Waals surface area (Å²) in [5.41, 5.74) is 8.10. The van der Waals surface area contributed by atoms with Crippen molar-refractivity contribution >= 4 is 33.6 Å². The Morgan fingerprint density at radius 1 is 1.32 bits per heavy atom. The molecule has 6 rings (SSSR count). The van der Waals surface area contributed by atoms with Crippen molar-refractivity contribution in [2.75, 3.05) is 30.4 Å². The highest BCUT2D eigenvalue weighted by atomic mass is 19.1. The summed E-state index contributed by atoms with van der Waals surface area (Å²) >= 11 is 0. The van der Waals surface area contributed by atoms with Crippen molar-refractivity contribution in [3.8, 4) is 11.8 Å². The molecule has 9 nitrogen and oxygen atoms in total. The number of pyridine rings is 2. The van der Waals surface area contributed by atoms with Crippen molar-refractivity contribution < 1.29 is 9.13 Å². The molecule has 10 heteroatoms. The first-order chi connectivity index (χ1) is 15.1. The lowest BCUT2D eigenvalue weighted by molar-refractivity contribution is 0.437. The molecule has 1 saturated heterocycles. The monoisotopic (exact) mass is 420 g/mol. The quantitative estimate of drug-likeness (QED) is 0.461. The maximum Gasteiger partial charge on any atom is 0.326 e. The van der Waals surface area contributed by atoms with E-state index in [1.54, 1.807) is 6.20 Å². The topological polar surface area (TPSA) is 118 Å². The van der Waals surface area contributed by atoms with Crippen molar-refractivity contribution in [1.82, 2.24) is 24.9 Å². The molecule has 0 amide bonds. The van der Waals surface area contributed by atoms with Crippen LogP contribution in [0.1, 0.15) is 12.8 Å². The van der Waals surface area contributed by atoms with Gasteiger partial charge in [0.15, 0.2) is 5.75 Å². The summed E-state index contributed by atoms with van der Waals surface area (Å²) in [6.07, 6.45) is 6.58. The summed E-state index contributed by atoms with van der Waals surface area (Å²) < 4.78 is 19.4. The van der Waals surface area contributed by atoms with Crippen LogP contribution in [0.4, 0.5) is 16.0 Å². The molecule has 1 saturated carbocycles. The fraction of sp³-hybridized carbons (Fsp3) is 0.333. The Hall–Kier alpha value is -3.53. The van der Waals surface area contributed by atoms with Gasteiger partial charge < -0.3 is 25.7 Å². The van der Waals surface area contributed by atoms with Gasteiger partial charge in [-0.05, 0) is 18.9 Å². The summed E-state index contributed by atoms with van der Waals surface area (Å²) in [6, 6.07) is 3.42. The van der Waals surface area contributed by atoms with Crippen molar-refractivity contribution in [2.24, 2.45) is 11.1 Å². The van der Waals surface area contributed by atoms with Crippen LogP contribution >= 0.6 is 0 Å². The first-order valence-corrected chi connectivity index (χ1v) is 10.2. The summed E-state index contributed by atoms with van der Waals surface area (Å²) in [5.74, 6) is 1.21. The molecule has 4 aromatic heterocycles. The van der Waals surface area contributed by atoms with Crippen LogP contribution in [0, 0.1) is 11.2 Å². The largest absolute Gasteiger partial charge is 0.422 e. The highest BCUT2D eigenvalue weighted by molar-refractivity contribution is 6.14. The zero-order valence-electron chi connectivity index (χ0n) is 16.9. The molecule has 1 atom stereocenters. The van der Waals surface area contributed by atoms with E-state index in [-0.39, 0.29) is 23.2 Å². The van der Waals surface area contributed by atoms with E-state index in [2.05, 4.69) is 30.2 Å². The molecule has 0 radical (unpaired) electrons. The second-order valence-electron chi connectivity index (χ2n) is 8.30. The second-order valence-corrected chi connectivity index (χ2v) is 8.30. The van der Waals surface area contributed by atoms with Gasteiger partial charge in [-0.15, -0.1) is 0 Å². The van der Waals surface area contributed by atoms with E-state index >= 15 is 0 Å². The maximum atomic E-state index is 13.6. The standard InChI is InChI=1S/C21H21FN8O/c1-24-18-16-13(2-5-26-18)15-17(27-16)28-20(31-12-6-11(22)7-25-8-12)29-19(15)30-9-14(23)21(10-30)3-4-21/h2,5-8,14H,3-4,9-10,23H2,1H3,(H,24,26)(H,27,28,29). The van der Waals surface area contributed by atoms with Gasteiger partial charge >= 0.3 is 6.01 Å². The number of ether oxygens (including phenoxy) is 1. The van der Waals surface area contributed by atoms with Gasteiger partial charge in [0.2, 0.25) is 0 Å². The normalized spacial score (nSPS) is 19.5. The molecule has 0 aromatic carbocycles. The minimum absolute atomic E-state index is 0.106. The average Bonchev–Trinajstić information content (AvgIpc) is 3.33. The summed E-state index contributed by atoms with van der Waals surface area (Å²) in [4.78, 5) is 23.1. The molecule has 1 unspecified atom stereocenters. The van der Waals surface area contributed by atoms with Gasteiger partial charge in [0.1, 0.15) is 23.1 Å². The third-order valence-electron chi connectivity index (χ3n) is 6.36. The summed E-state index contributed by atoms with van der Waals surface area (Å²) in [5, 5.41) is 4.96. The zero-order valence-corrected chi connectivity index (χ0v) is 16.9. The van der Waals surface area contributed by atoms with Gasteiger partial charge in [0.25, 0.3) is 0 Å². The van der Waals surface area contributed by atoms with Gasteiger partial charge in [0.05, 0.1) is 23.3 Å². The Labute approximate surface area is 176 Å². The van der Waals surface area contributed by atoms with Gasteiger partial charge in [0, 0.05) is 49.2 Å². The highest BCUT2D eigenvalue weighted by Crippen LogP contribution is 2.53. The van der Waals surface area contributed by atoms with Crippen LogP contribution in [-0.2, 0) is 0 Å². The number of aromatic nitrogens is 5. The van der Waals surface area contributed by atoms with E-state index in [1.807, 2.05) is 13.1 Å². The Morgan fingerprint density at radius 2 is 2.19 bits per heavy atom. The fourth-order valence-electron chi connectivity index (χ4n) is 4.54. The number of hydrogen-bond donors (Lipinski definition) is 3. The van der Waals surface area contributed by atoms with Crippen LogP contribution in [0.5, 0.6) is 11.8 Å². The number of hydrogen-bond acceptors (Lipinski definition) is 8. The first kappa shape index (κ1) is 18.3. The van der Waals surface area contributed by atoms with Crippen LogP contribution in [0.3, 0.4) is 0 Å². The van der Waals surface area contributed by atoms with Crippen LogP contribution in [0.25, 0.3) is 21.9 Å². The van der Waals surface area contributed by atoms with Crippen molar-refractivity contribution in [2.45, 2.75) is 18.9 Å². The highest BCUT2D eigenvalue weighted by Gasteiger charge is 2.54. The Bertz CT molecular complexity index is 1320. The minimum Gasteiger partial charge on any atom is -0.422 e. The summed E-state index contributed by atoms with van der Waals surface area (Å²) in [6.45, 7) is 1.56. The molecule has 1 aliphatic carbocycles. The number of fused-ring (bicyclic) bond motifs is 3. The van der Waals surface area contributed by atoms with E-state index in [1.165, 1.54) is 12.3 Å². The predicted molar refractivity (Wildman–Crippen MR) is 115 cm³/mol. The number of anilines is 2. The Kier molecular flexibility index (Phi) is 3.82. The molecule has 2 fully saturated rings. The molecule has 31 heavy (non-hydrogen) atoms. The van der Waals surface area contributed by atoms with Crippen molar-refractivity contribution in [3.05, 3.63) is 36.5 Å². The van der Waals surface area contributed by atoms with Crippen LogP contribution in [0.15, 0.2) is 30.7 Å². The third-order valence-corrected chi connectivity index (χ3v) is 6.36. The lowest BCUT2D eigenvalue weighted by atomic mass is 10.0. The van der Waals surface area contributed by atoms with E-state index in [4.69, 9.17) is 15.5 Å². The van der Waals surface area contributed by atoms with Crippen LogP contribution < -0.4 is 20.7 Å². The molecule has 0 bridgehead atoms. The van der Waals surface area contributed by atoms with E-state index in [9.17, 15) is 4.39 Å². The van der Waals surface area contributed by atoms with Crippen LogP contribution in [-0.4, -0.2) is 51.1 Å². The second kappa shape index (κ2) is 6.48. The molecular formula is C21H21FN8O. The number of nitrogens with one attached hydrogen (secondary N) is 2. The number of H-pyrrole nitrogens is 1. The molecule has 5 heterocycles. The summed E-state index contributed by atoms with van der Waals surface area (Å²) in [7, 11) is 1.82. The Morgan fingerprint density at radius 3 is 2.94 bits per heavy atom. The maximum absolute atomic E-state index is 13.6. The number of halogens is 1. The minimum atomic E-state index is -0.490. The smallest absolute Gasteiger partial charge is 0.326 e. The lowest BCUT2D eigenvalue weighted by Crippen LogP contribution is -2.30. The van der Waals surface area contributed by atoms with Gasteiger partial charge in [-0.3, -0.25) is 4.98 Å². The molecule has 158 valence electrons. The molecular weight excluding hydrogens is 399 g/mol. The number of nitrogens with two attached hydrogens (primary N) is 1. The zero-order chi connectivity index (χ0) is 21.2.